The smallest absolute Gasteiger partial charge is 0.410 e. The summed E-state index contributed by atoms with van der Waals surface area (Å²) in [7, 11) is 5.61. The number of likely N-dealkylation sites (N-methyl/N-ethyl adjacent to an activating group) is 1. The minimum Gasteiger partial charge on any atom is -0.444 e. The molecule has 1 N–H and O–H groups in total. The Balaban J connectivity index is 0.00000676. The number of ether oxygens (including phenoxy) is 1. The quantitative estimate of drug-likeness (QED) is 0.342. The van der Waals surface area contributed by atoms with E-state index in [0.717, 1.165) is 31.9 Å². The molecule has 6 nitrogen and oxygen atoms in total. The molecule has 1 atom stereocenters. The summed E-state index contributed by atoms with van der Waals surface area (Å²) in [6.45, 7) is 9.30. The number of rotatable bonds is 7. The highest BCUT2D eigenvalue weighted by Gasteiger charge is 2.22. The monoisotopic (exact) mass is 510 g/mol. The first kappa shape index (κ1) is 26.0. The fourth-order valence-corrected chi connectivity index (χ4v) is 3.02. The number of amides is 1. The second kappa shape index (κ2) is 12.4. The fraction of sp³-hybridized carbons (Fsp3) is 0.684. The third-order valence-corrected chi connectivity index (χ3v) is 4.97. The highest BCUT2D eigenvalue weighted by atomic mass is 127. The predicted octanol–water partition coefficient (Wildman–Crippen LogP) is 4.06. The summed E-state index contributed by atoms with van der Waals surface area (Å²) in [4.78, 5) is 21.6. The number of thiophene rings is 1. The van der Waals surface area contributed by atoms with Crippen LogP contribution in [0, 0.1) is 0 Å². The number of nitrogens with zero attached hydrogens (tertiary/aromatic N) is 3. The van der Waals surface area contributed by atoms with E-state index in [1.54, 1.807) is 30.3 Å². The second-order valence-corrected chi connectivity index (χ2v) is 8.49. The van der Waals surface area contributed by atoms with E-state index < -0.39 is 5.60 Å². The molecule has 1 heterocycles. The van der Waals surface area contributed by atoms with Crippen LogP contribution >= 0.6 is 35.3 Å². The van der Waals surface area contributed by atoms with Crippen molar-refractivity contribution in [3.8, 4) is 0 Å². The minimum absolute atomic E-state index is 0. The van der Waals surface area contributed by atoms with Gasteiger partial charge in [-0.2, -0.15) is 0 Å². The third kappa shape index (κ3) is 10.2. The lowest BCUT2D eigenvalue weighted by molar-refractivity contribution is 0.0230. The van der Waals surface area contributed by atoms with Gasteiger partial charge in [0, 0.05) is 45.2 Å². The van der Waals surface area contributed by atoms with Crippen molar-refractivity contribution in [1.82, 2.24) is 15.1 Å². The fourth-order valence-electron chi connectivity index (χ4n) is 2.32. The zero-order valence-electron chi connectivity index (χ0n) is 17.6. The van der Waals surface area contributed by atoms with E-state index in [1.807, 2.05) is 34.7 Å². The molecule has 0 fully saturated rings. The molecule has 8 heteroatoms. The molecule has 1 aromatic heterocycles. The van der Waals surface area contributed by atoms with Crippen molar-refractivity contribution < 1.29 is 9.53 Å². The molecule has 0 spiro atoms. The van der Waals surface area contributed by atoms with Crippen LogP contribution in [-0.2, 0) is 11.2 Å². The highest BCUT2D eigenvalue weighted by Crippen LogP contribution is 2.12. The Labute approximate surface area is 185 Å². The first-order valence-corrected chi connectivity index (χ1v) is 9.92. The van der Waals surface area contributed by atoms with Crippen LogP contribution in [0.15, 0.2) is 22.5 Å². The van der Waals surface area contributed by atoms with E-state index in [2.05, 4.69) is 32.7 Å². The van der Waals surface area contributed by atoms with Crippen molar-refractivity contribution in [3.63, 3.8) is 0 Å². The Bertz CT molecular complexity index is 573. The Morgan fingerprint density at radius 3 is 2.56 bits per heavy atom. The van der Waals surface area contributed by atoms with Gasteiger partial charge in [0.2, 0.25) is 0 Å². The average molecular weight is 510 g/mol. The Morgan fingerprint density at radius 2 is 2.04 bits per heavy atom. The normalized spacial score (nSPS) is 12.8. The molecule has 0 aliphatic heterocycles. The molecule has 0 saturated carbocycles. The van der Waals surface area contributed by atoms with Crippen LogP contribution in [0.2, 0.25) is 0 Å². The molecule has 1 rings (SSSR count). The van der Waals surface area contributed by atoms with Crippen LogP contribution in [-0.4, -0.2) is 67.7 Å². The molecule has 1 aromatic rings. The molecule has 1 amide bonds. The molecule has 27 heavy (non-hydrogen) atoms. The zero-order valence-corrected chi connectivity index (χ0v) is 20.8. The third-order valence-electron chi connectivity index (χ3n) is 4.03. The van der Waals surface area contributed by atoms with Crippen molar-refractivity contribution >= 4 is 47.4 Å². The van der Waals surface area contributed by atoms with Crippen LogP contribution in [0.25, 0.3) is 0 Å². The summed E-state index contributed by atoms with van der Waals surface area (Å²) in [5, 5.41) is 5.47. The Kier molecular flexibility index (Phi) is 12.0. The summed E-state index contributed by atoms with van der Waals surface area (Å²) in [5.41, 5.74) is -0.476. The largest absolute Gasteiger partial charge is 0.444 e. The predicted molar refractivity (Wildman–Crippen MR) is 126 cm³/mol. The van der Waals surface area contributed by atoms with E-state index in [-0.39, 0.29) is 36.1 Å². The lowest BCUT2D eigenvalue weighted by Gasteiger charge is -2.29. The van der Waals surface area contributed by atoms with Crippen LogP contribution < -0.4 is 5.32 Å². The SMILES string of the molecule is CN=C(NCCC(C)N(C)C(=O)OC(C)(C)C)N(C)CCc1cccs1.I. The molecule has 1 unspecified atom stereocenters. The Morgan fingerprint density at radius 1 is 1.37 bits per heavy atom. The second-order valence-electron chi connectivity index (χ2n) is 7.45. The van der Waals surface area contributed by atoms with Crippen molar-refractivity contribution in [2.24, 2.45) is 4.99 Å². The van der Waals surface area contributed by atoms with E-state index >= 15 is 0 Å². The van der Waals surface area contributed by atoms with E-state index in [4.69, 9.17) is 4.74 Å². The van der Waals surface area contributed by atoms with E-state index in [1.165, 1.54) is 4.88 Å². The van der Waals surface area contributed by atoms with E-state index in [0.29, 0.717) is 0 Å². The van der Waals surface area contributed by atoms with Crippen molar-refractivity contribution in [1.29, 1.82) is 0 Å². The lowest BCUT2D eigenvalue weighted by atomic mass is 10.2. The molecule has 0 radical (unpaired) electrons. The minimum atomic E-state index is -0.476. The van der Waals surface area contributed by atoms with Gasteiger partial charge in [0.25, 0.3) is 0 Å². The summed E-state index contributed by atoms with van der Waals surface area (Å²) in [6, 6.07) is 4.31. The average Bonchev–Trinajstić information content (AvgIpc) is 3.07. The van der Waals surface area contributed by atoms with Gasteiger partial charge in [0.15, 0.2) is 5.96 Å². The number of hydrogen-bond donors (Lipinski definition) is 1. The van der Waals surface area contributed by atoms with Gasteiger partial charge in [-0.1, -0.05) is 6.07 Å². The van der Waals surface area contributed by atoms with Gasteiger partial charge in [-0.15, -0.1) is 35.3 Å². The van der Waals surface area contributed by atoms with Gasteiger partial charge in [-0.25, -0.2) is 4.79 Å². The van der Waals surface area contributed by atoms with E-state index in [9.17, 15) is 4.79 Å². The number of halogens is 1. The molecule has 0 aliphatic rings. The molecular weight excluding hydrogens is 475 g/mol. The van der Waals surface area contributed by atoms with Gasteiger partial charge in [0.1, 0.15) is 5.60 Å². The maximum atomic E-state index is 12.1. The van der Waals surface area contributed by atoms with Gasteiger partial charge in [-0.3, -0.25) is 4.99 Å². The van der Waals surface area contributed by atoms with Crippen molar-refractivity contribution in [2.75, 3.05) is 34.2 Å². The summed E-state index contributed by atoms with van der Waals surface area (Å²) in [5.74, 6) is 0.869. The van der Waals surface area contributed by atoms with Crippen LogP contribution in [0.5, 0.6) is 0 Å². The van der Waals surface area contributed by atoms with Crippen LogP contribution in [0.4, 0.5) is 4.79 Å². The molecular formula is C19H35IN4O2S. The Hall–Kier alpha value is -1.03. The number of carbonyl (C=O) groups excluding carboxylic acids is 1. The van der Waals surface area contributed by atoms with Gasteiger partial charge < -0.3 is 19.9 Å². The number of guanidine groups is 1. The molecule has 0 aliphatic carbocycles. The summed E-state index contributed by atoms with van der Waals surface area (Å²) < 4.78 is 5.41. The molecule has 0 aromatic carbocycles. The summed E-state index contributed by atoms with van der Waals surface area (Å²) in [6.07, 6.45) is 1.53. The van der Waals surface area contributed by atoms with Gasteiger partial charge >= 0.3 is 6.09 Å². The number of hydrogen-bond acceptors (Lipinski definition) is 4. The topological polar surface area (TPSA) is 57.2 Å². The number of carbonyl (C=O) groups is 1. The van der Waals surface area contributed by atoms with Gasteiger partial charge in [0.05, 0.1) is 0 Å². The van der Waals surface area contributed by atoms with Crippen molar-refractivity contribution in [3.05, 3.63) is 22.4 Å². The molecule has 0 saturated heterocycles. The number of nitrogens with one attached hydrogen (secondary N) is 1. The number of aliphatic imine (C=N–C) groups is 1. The molecule has 0 bridgehead atoms. The first-order chi connectivity index (χ1) is 12.1. The lowest BCUT2D eigenvalue weighted by Crippen LogP contribution is -2.43. The highest BCUT2D eigenvalue weighted by molar-refractivity contribution is 14.0. The van der Waals surface area contributed by atoms with Crippen LogP contribution in [0.3, 0.4) is 0 Å². The maximum absolute atomic E-state index is 12.1. The maximum Gasteiger partial charge on any atom is 0.410 e. The zero-order chi connectivity index (χ0) is 19.7. The van der Waals surface area contributed by atoms with Crippen molar-refractivity contribution in [2.45, 2.75) is 52.2 Å². The molecule has 156 valence electrons. The summed E-state index contributed by atoms with van der Waals surface area (Å²) >= 11 is 1.78. The first-order valence-electron chi connectivity index (χ1n) is 9.04. The standard InChI is InChI=1S/C19H34N4O2S.HI/c1-15(23(7)18(24)25-19(2,3)4)10-12-21-17(20-5)22(6)13-11-16-9-8-14-26-16;/h8-9,14-15H,10-13H2,1-7H3,(H,20,21);1H. The van der Waals surface area contributed by atoms with Gasteiger partial charge in [-0.05, 0) is 52.0 Å². The van der Waals surface area contributed by atoms with Crippen LogP contribution in [0.1, 0.15) is 39.0 Å².